The van der Waals surface area contributed by atoms with E-state index in [1.54, 1.807) is 17.9 Å². The van der Waals surface area contributed by atoms with E-state index >= 15 is 0 Å². The lowest BCUT2D eigenvalue weighted by molar-refractivity contribution is -0.116. The van der Waals surface area contributed by atoms with Gasteiger partial charge >= 0.3 is 0 Å². The molecule has 1 aromatic carbocycles. The molecular weight excluding hydrogens is 200 g/mol. The maximum absolute atomic E-state index is 11.4. The number of hydrogen-bond acceptors (Lipinski definition) is 2. The van der Waals surface area contributed by atoms with Crippen molar-refractivity contribution in [1.82, 2.24) is 0 Å². The molecule has 74 valence electrons. The number of hydrogen-bond donors (Lipinski definition) is 1. The fourth-order valence-electron chi connectivity index (χ4n) is 1.66. The van der Waals surface area contributed by atoms with Gasteiger partial charge < -0.3 is 10.2 Å². The molecule has 0 aliphatic carbocycles. The van der Waals surface area contributed by atoms with E-state index in [1.165, 1.54) is 0 Å². The standard InChI is InChI=1S/C10H11ClN2O/c1-7(14)13-6-5-12-9-4-2-3-8(11)10(9)13/h2-4,12H,5-6H2,1H3. The highest BCUT2D eigenvalue weighted by Crippen LogP contribution is 2.35. The van der Waals surface area contributed by atoms with Gasteiger partial charge in [-0.3, -0.25) is 4.79 Å². The van der Waals surface area contributed by atoms with Crippen molar-refractivity contribution in [1.29, 1.82) is 0 Å². The number of nitrogens with zero attached hydrogens (tertiary/aromatic N) is 1. The van der Waals surface area contributed by atoms with Crippen LogP contribution in [0.2, 0.25) is 5.02 Å². The van der Waals surface area contributed by atoms with Gasteiger partial charge in [0.2, 0.25) is 5.91 Å². The van der Waals surface area contributed by atoms with Crippen molar-refractivity contribution in [2.45, 2.75) is 6.92 Å². The Bertz CT molecular complexity index is 378. The summed E-state index contributed by atoms with van der Waals surface area (Å²) in [6.45, 7) is 3.00. The number of carbonyl (C=O) groups excluding carboxylic acids is 1. The summed E-state index contributed by atoms with van der Waals surface area (Å²) in [5, 5.41) is 3.83. The predicted octanol–water partition coefficient (Wildman–Crippen LogP) is 2.12. The Balaban J connectivity index is 2.52. The molecular formula is C10H11ClN2O. The predicted molar refractivity (Wildman–Crippen MR) is 58.0 cm³/mol. The Morgan fingerprint density at radius 2 is 2.36 bits per heavy atom. The molecule has 1 amide bonds. The molecule has 0 radical (unpaired) electrons. The molecule has 0 unspecified atom stereocenters. The van der Waals surface area contributed by atoms with Gasteiger partial charge in [0.15, 0.2) is 0 Å². The summed E-state index contributed by atoms with van der Waals surface area (Å²) >= 11 is 6.05. The molecule has 1 aliphatic rings. The minimum absolute atomic E-state index is 0.0286. The number of carbonyl (C=O) groups is 1. The fourth-order valence-corrected chi connectivity index (χ4v) is 1.94. The Labute approximate surface area is 87.7 Å². The van der Waals surface area contributed by atoms with Crippen molar-refractivity contribution < 1.29 is 4.79 Å². The second-order valence-electron chi connectivity index (χ2n) is 3.23. The van der Waals surface area contributed by atoms with Crippen molar-refractivity contribution >= 4 is 28.9 Å². The zero-order valence-electron chi connectivity index (χ0n) is 7.88. The van der Waals surface area contributed by atoms with Crippen LogP contribution in [0.15, 0.2) is 18.2 Å². The topological polar surface area (TPSA) is 32.3 Å². The van der Waals surface area contributed by atoms with E-state index in [1.807, 2.05) is 12.1 Å². The number of halogens is 1. The highest BCUT2D eigenvalue weighted by Gasteiger charge is 2.21. The van der Waals surface area contributed by atoms with Crippen LogP contribution in [0.5, 0.6) is 0 Å². The van der Waals surface area contributed by atoms with E-state index in [0.717, 1.165) is 17.9 Å². The van der Waals surface area contributed by atoms with Gasteiger partial charge in [-0.1, -0.05) is 17.7 Å². The molecule has 4 heteroatoms. The summed E-state index contributed by atoms with van der Waals surface area (Å²) in [5.74, 6) is 0.0286. The van der Waals surface area contributed by atoms with Gasteiger partial charge in [0.25, 0.3) is 0 Å². The van der Waals surface area contributed by atoms with Gasteiger partial charge in [-0.05, 0) is 12.1 Å². The molecule has 0 saturated carbocycles. The van der Waals surface area contributed by atoms with Gasteiger partial charge in [-0.25, -0.2) is 0 Å². The van der Waals surface area contributed by atoms with Gasteiger partial charge in [0, 0.05) is 20.0 Å². The molecule has 1 aliphatic heterocycles. The molecule has 0 spiro atoms. The van der Waals surface area contributed by atoms with Crippen LogP contribution in [0.4, 0.5) is 11.4 Å². The van der Waals surface area contributed by atoms with E-state index < -0.39 is 0 Å². The molecule has 0 aromatic heterocycles. The quantitative estimate of drug-likeness (QED) is 0.712. The third-order valence-electron chi connectivity index (χ3n) is 2.29. The fraction of sp³-hybridized carbons (Fsp3) is 0.300. The second kappa shape index (κ2) is 3.50. The monoisotopic (exact) mass is 210 g/mol. The summed E-state index contributed by atoms with van der Waals surface area (Å²) in [4.78, 5) is 13.1. The third kappa shape index (κ3) is 1.44. The number of para-hydroxylation sites is 1. The van der Waals surface area contributed by atoms with Crippen LogP contribution in [0.1, 0.15) is 6.92 Å². The van der Waals surface area contributed by atoms with E-state index in [0.29, 0.717) is 11.6 Å². The van der Waals surface area contributed by atoms with Crippen LogP contribution < -0.4 is 10.2 Å². The van der Waals surface area contributed by atoms with Crippen LogP contribution in [0.25, 0.3) is 0 Å². The van der Waals surface area contributed by atoms with Gasteiger partial charge in [-0.2, -0.15) is 0 Å². The SMILES string of the molecule is CC(=O)N1CCNc2cccc(Cl)c21. The van der Waals surface area contributed by atoms with E-state index in [2.05, 4.69) is 5.32 Å². The maximum atomic E-state index is 11.4. The Morgan fingerprint density at radius 1 is 1.57 bits per heavy atom. The smallest absolute Gasteiger partial charge is 0.224 e. The second-order valence-corrected chi connectivity index (χ2v) is 3.64. The van der Waals surface area contributed by atoms with E-state index in [-0.39, 0.29) is 5.91 Å². The van der Waals surface area contributed by atoms with E-state index in [4.69, 9.17) is 11.6 Å². The van der Waals surface area contributed by atoms with Crippen LogP contribution in [-0.2, 0) is 4.79 Å². The Morgan fingerprint density at radius 3 is 3.07 bits per heavy atom. The maximum Gasteiger partial charge on any atom is 0.224 e. The van der Waals surface area contributed by atoms with Crippen LogP contribution in [-0.4, -0.2) is 19.0 Å². The van der Waals surface area contributed by atoms with Crippen LogP contribution >= 0.6 is 11.6 Å². The lowest BCUT2D eigenvalue weighted by Crippen LogP contribution is -2.37. The number of fused-ring (bicyclic) bond motifs is 1. The van der Waals surface area contributed by atoms with Gasteiger partial charge in [-0.15, -0.1) is 0 Å². The van der Waals surface area contributed by atoms with Gasteiger partial charge in [0.1, 0.15) is 0 Å². The Hall–Kier alpha value is -1.22. The summed E-state index contributed by atoms with van der Waals surface area (Å²) in [5.41, 5.74) is 1.73. The average molecular weight is 211 g/mol. The molecule has 1 N–H and O–H groups in total. The van der Waals surface area contributed by atoms with Crippen LogP contribution in [0, 0.1) is 0 Å². The van der Waals surface area contributed by atoms with Crippen molar-refractivity contribution in [3.05, 3.63) is 23.2 Å². The summed E-state index contributed by atoms with van der Waals surface area (Å²) in [6, 6.07) is 5.59. The number of benzene rings is 1. The normalized spacial score (nSPS) is 14.6. The van der Waals surface area contributed by atoms with Crippen molar-refractivity contribution in [3.8, 4) is 0 Å². The third-order valence-corrected chi connectivity index (χ3v) is 2.59. The van der Waals surface area contributed by atoms with Crippen molar-refractivity contribution in [3.63, 3.8) is 0 Å². The molecule has 1 aromatic rings. The highest BCUT2D eigenvalue weighted by atomic mass is 35.5. The van der Waals surface area contributed by atoms with Crippen LogP contribution in [0.3, 0.4) is 0 Å². The molecule has 0 saturated heterocycles. The molecule has 0 bridgehead atoms. The molecule has 2 rings (SSSR count). The average Bonchev–Trinajstić information content (AvgIpc) is 2.17. The van der Waals surface area contributed by atoms with Gasteiger partial charge in [0.05, 0.1) is 16.4 Å². The molecule has 1 heterocycles. The summed E-state index contributed by atoms with van der Waals surface area (Å²) in [6.07, 6.45) is 0. The minimum Gasteiger partial charge on any atom is -0.382 e. The summed E-state index contributed by atoms with van der Waals surface area (Å²) < 4.78 is 0. The number of amides is 1. The highest BCUT2D eigenvalue weighted by molar-refractivity contribution is 6.34. The lowest BCUT2D eigenvalue weighted by Gasteiger charge is -2.30. The zero-order chi connectivity index (χ0) is 10.1. The van der Waals surface area contributed by atoms with E-state index in [9.17, 15) is 4.79 Å². The first-order valence-electron chi connectivity index (χ1n) is 4.50. The summed E-state index contributed by atoms with van der Waals surface area (Å²) in [7, 11) is 0. The van der Waals surface area contributed by atoms with Crippen molar-refractivity contribution in [2.24, 2.45) is 0 Å². The minimum atomic E-state index is 0.0286. The molecule has 14 heavy (non-hydrogen) atoms. The van der Waals surface area contributed by atoms with Crippen molar-refractivity contribution in [2.75, 3.05) is 23.3 Å². The first kappa shape index (κ1) is 9.34. The zero-order valence-corrected chi connectivity index (χ0v) is 8.64. The first-order chi connectivity index (χ1) is 6.70. The molecule has 3 nitrogen and oxygen atoms in total. The number of nitrogens with one attached hydrogen (secondary N) is 1. The Kier molecular flexibility index (Phi) is 2.33. The number of rotatable bonds is 0. The molecule has 0 atom stereocenters. The number of anilines is 2. The molecule has 0 fully saturated rings. The lowest BCUT2D eigenvalue weighted by atomic mass is 10.2. The largest absolute Gasteiger partial charge is 0.382 e. The first-order valence-corrected chi connectivity index (χ1v) is 4.88.